The van der Waals surface area contributed by atoms with Crippen LogP contribution in [0.1, 0.15) is 31.0 Å². The second kappa shape index (κ2) is 6.39. The fraction of sp³-hybridized carbons (Fsp3) is 0.667. The first-order valence-electron chi connectivity index (χ1n) is 7.73. The number of rotatable bonds is 3. The molecule has 6 nitrogen and oxygen atoms in total. The van der Waals surface area contributed by atoms with Crippen molar-refractivity contribution in [2.45, 2.75) is 32.7 Å². The van der Waals surface area contributed by atoms with Gasteiger partial charge < -0.3 is 14.5 Å². The molecule has 114 valence electrons. The van der Waals surface area contributed by atoms with Gasteiger partial charge in [-0.3, -0.25) is 4.79 Å². The van der Waals surface area contributed by atoms with E-state index in [1.807, 2.05) is 18.0 Å². The Morgan fingerprint density at radius 2 is 2.14 bits per heavy atom. The van der Waals surface area contributed by atoms with Crippen LogP contribution in [0.25, 0.3) is 0 Å². The monoisotopic (exact) mass is 290 g/mol. The lowest BCUT2D eigenvalue weighted by Gasteiger charge is -2.30. The number of morpholine rings is 1. The van der Waals surface area contributed by atoms with Crippen LogP contribution in [0.4, 0.5) is 5.95 Å². The molecule has 0 radical (unpaired) electrons. The van der Waals surface area contributed by atoms with Gasteiger partial charge in [0, 0.05) is 32.3 Å². The number of anilines is 1. The van der Waals surface area contributed by atoms with Gasteiger partial charge in [0.1, 0.15) is 0 Å². The minimum Gasteiger partial charge on any atom is -0.378 e. The van der Waals surface area contributed by atoms with E-state index in [0.717, 1.165) is 57.3 Å². The molecular formula is C15H22N4O2. The Morgan fingerprint density at radius 3 is 2.90 bits per heavy atom. The number of amides is 1. The van der Waals surface area contributed by atoms with Gasteiger partial charge in [0.2, 0.25) is 11.9 Å². The molecule has 3 heterocycles. The maximum atomic E-state index is 12.1. The highest BCUT2D eigenvalue weighted by Gasteiger charge is 2.23. The van der Waals surface area contributed by atoms with E-state index in [9.17, 15) is 4.79 Å². The molecule has 1 fully saturated rings. The summed E-state index contributed by atoms with van der Waals surface area (Å²) in [5.74, 6) is 0.997. The second-order valence-corrected chi connectivity index (χ2v) is 5.56. The lowest BCUT2D eigenvalue weighted by molar-refractivity contribution is -0.132. The summed E-state index contributed by atoms with van der Waals surface area (Å²) in [7, 11) is 0. The molecule has 0 aliphatic carbocycles. The average Bonchev–Trinajstić information content (AvgIpc) is 2.55. The Bertz CT molecular complexity index is 514. The zero-order chi connectivity index (χ0) is 14.7. The number of hydrogen-bond donors (Lipinski definition) is 0. The summed E-state index contributed by atoms with van der Waals surface area (Å²) in [6.45, 7) is 6.55. The zero-order valence-electron chi connectivity index (χ0n) is 12.5. The highest BCUT2D eigenvalue weighted by molar-refractivity contribution is 5.76. The van der Waals surface area contributed by atoms with Gasteiger partial charge in [-0.2, -0.15) is 0 Å². The van der Waals surface area contributed by atoms with Crippen LogP contribution < -0.4 is 4.90 Å². The molecule has 0 spiro atoms. The first-order chi connectivity index (χ1) is 10.3. The molecule has 2 aliphatic heterocycles. The molecule has 0 saturated carbocycles. The van der Waals surface area contributed by atoms with Gasteiger partial charge in [-0.1, -0.05) is 6.92 Å². The predicted molar refractivity (Wildman–Crippen MR) is 79.1 cm³/mol. The van der Waals surface area contributed by atoms with Crippen LogP contribution in [0.2, 0.25) is 0 Å². The van der Waals surface area contributed by atoms with E-state index in [4.69, 9.17) is 9.72 Å². The summed E-state index contributed by atoms with van der Waals surface area (Å²) in [5.41, 5.74) is 2.18. The molecule has 0 aromatic carbocycles. The number of carbonyl (C=O) groups is 1. The third kappa shape index (κ3) is 3.15. The number of fused-ring (bicyclic) bond motifs is 1. The molecule has 0 atom stereocenters. The molecule has 1 saturated heterocycles. The van der Waals surface area contributed by atoms with Crippen LogP contribution in [-0.2, 0) is 22.5 Å². The minimum atomic E-state index is 0.231. The minimum absolute atomic E-state index is 0.231. The van der Waals surface area contributed by atoms with E-state index in [2.05, 4.69) is 9.88 Å². The van der Waals surface area contributed by atoms with Gasteiger partial charge in [-0.05, 0) is 18.4 Å². The molecule has 1 aromatic rings. The van der Waals surface area contributed by atoms with Crippen LogP contribution in [0.15, 0.2) is 6.20 Å². The van der Waals surface area contributed by atoms with E-state index in [1.165, 1.54) is 5.56 Å². The standard InChI is InChI=1S/C15H22N4O2/c1-2-3-14(20)19-5-4-12-10-16-15(17-13(12)11-19)18-6-8-21-9-7-18/h10H,2-9,11H2,1H3. The van der Waals surface area contributed by atoms with E-state index in [0.29, 0.717) is 13.0 Å². The van der Waals surface area contributed by atoms with Crippen molar-refractivity contribution in [2.24, 2.45) is 0 Å². The smallest absolute Gasteiger partial charge is 0.225 e. The summed E-state index contributed by atoms with van der Waals surface area (Å²) in [6.07, 6.45) is 4.30. The highest BCUT2D eigenvalue weighted by atomic mass is 16.5. The van der Waals surface area contributed by atoms with Gasteiger partial charge in [0.15, 0.2) is 0 Å². The van der Waals surface area contributed by atoms with Crippen LogP contribution in [0, 0.1) is 0 Å². The van der Waals surface area contributed by atoms with Crippen molar-refractivity contribution in [1.82, 2.24) is 14.9 Å². The van der Waals surface area contributed by atoms with Gasteiger partial charge in [-0.15, -0.1) is 0 Å². The van der Waals surface area contributed by atoms with Gasteiger partial charge in [0.05, 0.1) is 25.5 Å². The Hall–Kier alpha value is -1.69. The molecule has 21 heavy (non-hydrogen) atoms. The van der Waals surface area contributed by atoms with Crippen molar-refractivity contribution in [1.29, 1.82) is 0 Å². The maximum absolute atomic E-state index is 12.1. The Kier molecular flexibility index (Phi) is 4.34. The third-order valence-corrected chi connectivity index (χ3v) is 4.04. The molecular weight excluding hydrogens is 268 g/mol. The summed E-state index contributed by atoms with van der Waals surface area (Å²) < 4.78 is 5.36. The average molecular weight is 290 g/mol. The fourth-order valence-electron chi connectivity index (χ4n) is 2.79. The highest BCUT2D eigenvalue weighted by Crippen LogP contribution is 2.20. The maximum Gasteiger partial charge on any atom is 0.225 e. The second-order valence-electron chi connectivity index (χ2n) is 5.56. The van der Waals surface area contributed by atoms with E-state index in [-0.39, 0.29) is 5.91 Å². The topological polar surface area (TPSA) is 58.6 Å². The molecule has 0 unspecified atom stereocenters. The predicted octanol–water partition coefficient (Wildman–Crippen LogP) is 0.998. The Balaban J connectivity index is 1.75. The summed E-state index contributed by atoms with van der Waals surface area (Å²) >= 11 is 0. The first kappa shape index (κ1) is 14.3. The van der Waals surface area contributed by atoms with Crippen molar-refractivity contribution in [2.75, 3.05) is 37.7 Å². The van der Waals surface area contributed by atoms with E-state index < -0.39 is 0 Å². The van der Waals surface area contributed by atoms with Crippen LogP contribution >= 0.6 is 0 Å². The Labute approximate surface area is 125 Å². The largest absolute Gasteiger partial charge is 0.378 e. The van der Waals surface area contributed by atoms with E-state index >= 15 is 0 Å². The fourth-order valence-corrected chi connectivity index (χ4v) is 2.79. The van der Waals surface area contributed by atoms with Gasteiger partial charge in [0.25, 0.3) is 0 Å². The van der Waals surface area contributed by atoms with Gasteiger partial charge >= 0.3 is 0 Å². The van der Waals surface area contributed by atoms with Crippen molar-refractivity contribution >= 4 is 11.9 Å². The summed E-state index contributed by atoms with van der Waals surface area (Å²) in [4.78, 5) is 25.3. The molecule has 3 rings (SSSR count). The number of nitrogens with zero attached hydrogens (tertiary/aromatic N) is 4. The van der Waals surface area contributed by atoms with Crippen molar-refractivity contribution in [3.63, 3.8) is 0 Å². The van der Waals surface area contributed by atoms with Crippen LogP contribution in [0.3, 0.4) is 0 Å². The van der Waals surface area contributed by atoms with Crippen LogP contribution in [-0.4, -0.2) is 53.6 Å². The quantitative estimate of drug-likeness (QED) is 0.831. The normalized spacial score (nSPS) is 18.5. The number of ether oxygens (including phenoxy) is 1. The van der Waals surface area contributed by atoms with E-state index in [1.54, 1.807) is 0 Å². The number of aromatic nitrogens is 2. The van der Waals surface area contributed by atoms with Crippen molar-refractivity contribution < 1.29 is 9.53 Å². The number of carbonyl (C=O) groups excluding carboxylic acids is 1. The molecule has 1 aromatic heterocycles. The number of hydrogen-bond acceptors (Lipinski definition) is 5. The Morgan fingerprint density at radius 1 is 1.33 bits per heavy atom. The lowest BCUT2D eigenvalue weighted by atomic mass is 10.1. The lowest BCUT2D eigenvalue weighted by Crippen LogP contribution is -2.39. The molecule has 0 bridgehead atoms. The zero-order valence-corrected chi connectivity index (χ0v) is 12.5. The molecule has 6 heteroatoms. The van der Waals surface area contributed by atoms with Crippen LogP contribution in [0.5, 0.6) is 0 Å². The SMILES string of the molecule is CCCC(=O)N1CCc2cnc(N3CCOCC3)nc2C1. The third-order valence-electron chi connectivity index (χ3n) is 4.04. The van der Waals surface area contributed by atoms with Gasteiger partial charge in [-0.25, -0.2) is 9.97 Å². The summed E-state index contributed by atoms with van der Waals surface area (Å²) in [5, 5.41) is 0. The molecule has 2 aliphatic rings. The first-order valence-corrected chi connectivity index (χ1v) is 7.73. The van der Waals surface area contributed by atoms with Crippen molar-refractivity contribution in [3.05, 3.63) is 17.5 Å². The van der Waals surface area contributed by atoms with Crippen molar-refractivity contribution in [3.8, 4) is 0 Å². The summed E-state index contributed by atoms with van der Waals surface area (Å²) in [6, 6.07) is 0. The molecule has 1 amide bonds. The molecule has 0 N–H and O–H groups in total.